The highest BCUT2D eigenvalue weighted by molar-refractivity contribution is 6.30. The van der Waals surface area contributed by atoms with Gasteiger partial charge in [0.15, 0.2) is 0 Å². The maximum Gasteiger partial charge on any atom is 0.351 e. The number of benzene rings is 4. The van der Waals surface area contributed by atoms with Crippen molar-refractivity contribution in [3.8, 4) is 28.7 Å². The average Bonchev–Trinajstić information content (AvgIpc) is 2.94. The smallest absolute Gasteiger partial charge is 0.351 e. The van der Waals surface area contributed by atoms with Gasteiger partial charge in [-0.2, -0.15) is 0 Å². The summed E-state index contributed by atoms with van der Waals surface area (Å²) in [7, 11) is 1.33. The molecular weight excluding hydrogens is 492 g/mol. The Morgan fingerprint density at radius 1 is 0.676 bits per heavy atom. The van der Waals surface area contributed by atoms with Crippen LogP contribution < -0.4 is 18.9 Å². The summed E-state index contributed by atoms with van der Waals surface area (Å²) in [5, 5.41) is 0.672. The number of ether oxygens (including phenoxy) is 5. The van der Waals surface area contributed by atoms with Crippen molar-refractivity contribution in [2.75, 3.05) is 20.3 Å². The minimum absolute atomic E-state index is 0.487. The topological polar surface area (TPSA) is 63.2 Å². The molecular formula is C30H27ClO6. The Bertz CT molecular complexity index is 1240. The number of halogens is 1. The van der Waals surface area contributed by atoms with Crippen molar-refractivity contribution < 1.29 is 28.5 Å². The lowest BCUT2D eigenvalue weighted by Crippen LogP contribution is -2.20. The summed E-state index contributed by atoms with van der Waals surface area (Å²) >= 11 is 5.88. The first-order valence-corrected chi connectivity index (χ1v) is 12.2. The number of carbonyl (C=O) groups excluding carboxylic acids is 1. The van der Waals surface area contributed by atoms with Gasteiger partial charge in [-0.3, -0.25) is 0 Å². The molecule has 4 aromatic carbocycles. The van der Waals surface area contributed by atoms with Crippen molar-refractivity contribution in [2.45, 2.75) is 12.5 Å². The molecule has 6 nitrogen and oxygen atoms in total. The molecule has 0 spiro atoms. The average molecular weight is 519 g/mol. The zero-order valence-electron chi connectivity index (χ0n) is 20.3. The maximum atomic E-state index is 12.5. The van der Waals surface area contributed by atoms with Gasteiger partial charge < -0.3 is 23.7 Å². The van der Waals surface area contributed by atoms with E-state index in [-0.39, 0.29) is 0 Å². The van der Waals surface area contributed by atoms with E-state index in [9.17, 15) is 4.79 Å². The first-order valence-electron chi connectivity index (χ1n) is 11.8. The van der Waals surface area contributed by atoms with E-state index in [1.165, 1.54) is 7.11 Å². The van der Waals surface area contributed by atoms with E-state index in [4.69, 9.17) is 35.3 Å². The zero-order chi connectivity index (χ0) is 25.9. The molecule has 0 radical (unpaired) electrons. The second-order valence-corrected chi connectivity index (χ2v) is 8.42. The maximum absolute atomic E-state index is 12.5. The molecule has 0 aliphatic rings. The third kappa shape index (κ3) is 7.92. The SMILES string of the molecule is COC(=O)C(Oc1ccc(Oc2ccccc2)cc1)c1ccc(OCCCOc2ccc(Cl)cc2)cc1. The molecule has 0 bridgehead atoms. The number of hydrogen-bond acceptors (Lipinski definition) is 6. The van der Waals surface area contributed by atoms with Crippen LogP contribution in [0.2, 0.25) is 5.02 Å². The van der Waals surface area contributed by atoms with Crippen molar-refractivity contribution in [2.24, 2.45) is 0 Å². The molecule has 1 atom stereocenters. The van der Waals surface area contributed by atoms with Crippen LogP contribution in [0.25, 0.3) is 0 Å². The molecule has 0 N–H and O–H groups in total. The molecule has 0 aliphatic carbocycles. The molecule has 0 amide bonds. The molecule has 190 valence electrons. The highest BCUT2D eigenvalue weighted by Gasteiger charge is 2.24. The fraction of sp³-hybridized carbons (Fsp3) is 0.167. The standard InChI is InChI=1S/C30H27ClO6/c1-33-30(32)29(37-28-18-16-27(17-19-28)36-26-6-3-2-4-7-26)22-8-12-24(13-9-22)34-20-5-21-35-25-14-10-23(31)11-15-25/h2-4,6-19,29H,5,20-21H2,1H3. The normalized spacial score (nSPS) is 11.3. The molecule has 37 heavy (non-hydrogen) atoms. The molecule has 0 saturated carbocycles. The number of para-hydroxylation sites is 1. The molecule has 1 unspecified atom stereocenters. The van der Waals surface area contributed by atoms with Crippen LogP contribution in [0.1, 0.15) is 18.1 Å². The lowest BCUT2D eigenvalue weighted by atomic mass is 10.1. The van der Waals surface area contributed by atoms with E-state index in [1.54, 1.807) is 60.7 Å². The van der Waals surface area contributed by atoms with E-state index in [0.717, 1.165) is 11.5 Å². The fourth-order valence-corrected chi connectivity index (χ4v) is 3.54. The lowest BCUT2D eigenvalue weighted by Gasteiger charge is -2.18. The Hall–Kier alpha value is -4.16. The Morgan fingerprint density at radius 3 is 1.78 bits per heavy atom. The minimum Gasteiger partial charge on any atom is -0.493 e. The summed E-state index contributed by atoms with van der Waals surface area (Å²) in [5.41, 5.74) is 0.648. The fourth-order valence-electron chi connectivity index (χ4n) is 3.41. The van der Waals surface area contributed by atoms with E-state index in [0.29, 0.717) is 47.5 Å². The Morgan fingerprint density at radius 2 is 1.19 bits per heavy atom. The van der Waals surface area contributed by atoms with E-state index in [1.807, 2.05) is 42.5 Å². The van der Waals surface area contributed by atoms with Crippen molar-refractivity contribution in [3.05, 3.63) is 114 Å². The van der Waals surface area contributed by atoms with Crippen LogP contribution in [0.4, 0.5) is 0 Å². The van der Waals surface area contributed by atoms with Crippen LogP contribution in [-0.4, -0.2) is 26.3 Å². The Balaban J connectivity index is 1.29. The van der Waals surface area contributed by atoms with Gasteiger partial charge in [-0.05, 0) is 72.8 Å². The van der Waals surface area contributed by atoms with Crippen LogP contribution in [0.15, 0.2) is 103 Å². The van der Waals surface area contributed by atoms with Gasteiger partial charge in [-0.25, -0.2) is 4.79 Å². The largest absolute Gasteiger partial charge is 0.493 e. The first kappa shape index (κ1) is 25.9. The van der Waals surface area contributed by atoms with Crippen molar-refractivity contribution >= 4 is 17.6 Å². The second kappa shape index (κ2) is 13.2. The van der Waals surface area contributed by atoms with Crippen LogP contribution >= 0.6 is 11.6 Å². The summed E-state index contributed by atoms with van der Waals surface area (Å²) in [4.78, 5) is 12.5. The Kier molecular flexibility index (Phi) is 9.27. The van der Waals surface area contributed by atoms with Gasteiger partial charge >= 0.3 is 5.97 Å². The molecule has 0 fully saturated rings. The third-order valence-electron chi connectivity index (χ3n) is 5.29. The summed E-state index contributed by atoms with van der Waals surface area (Å²) in [6.45, 7) is 1.01. The molecule has 0 aliphatic heterocycles. The van der Waals surface area contributed by atoms with Crippen LogP contribution in [0.3, 0.4) is 0 Å². The summed E-state index contributed by atoms with van der Waals surface area (Å²) < 4.78 is 28.2. The second-order valence-electron chi connectivity index (χ2n) is 7.98. The van der Waals surface area contributed by atoms with Crippen molar-refractivity contribution in [1.82, 2.24) is 0 Å². The third-order valence-corrected chi connectivity index (χ3v) is 5.55. The van der Waals surface area contributed by atoms with Gasteiger partial charge in [0.1, 0.15) is 28.7 Å². The van der Waals surface area contributed by atoms with Crippen molar-refractivity contribution in [1.29, 1.82) is 0 Å². The first-order chi connectivity index (χ1) is 18.1. The predicted molar refractivity (Wildman–Crippen MR) is 142 cm³/mol. The van der Waals surface area contributed by atoms with Gasteiger partial charge in [0, 0.05) is 17.0 Å². The molecule has 4 aromatic rings. The Labute approximate surface area is 221 Å². The summed E-state index contributed by atoms with van der Waals surface area (Å²) in [6.07, 6.45) is -0.213. The molecule has 0 saturated heterocycles. The van der Waals surface area contributed by atoms with E-state index >= 15 is 0 Å². The molecule has 0 heterocycles. The lowest BCUT2D eigenvalue weighted by molar-refractivity contribution is -0.149. The van der Waals surface area contributed by atoms with Gasteiger partial charge in [0.2, 0.25) is 6.10 Å². The van der Waals surface area contributed by atoms with Gasteiger partial charge in [0.25, 0.3) is 0 Å². The number of rotatable bonds is 12. The van der Waals surface area contributed by atoms with Crippen LogP contribution in [-0.2, 0) is 9.53 Å². The van der Waals surface area contributed by atoms with Gasteiger partial charge in [-0.1, -0.05) is 41.9 Å². The number of carbonyl (C=O) groups is 1. The number of methoxy groups -OCH3 is 1. The minimum atomic E-state index is -0.923. The molecule has 4 rings (SSSR count). The van der Waals surface area contributed by atoms with E-state index in [2.05, 4.69) is 0 Å². The highest BCUT2D eigenvalue weighted by Crippen LogP contribution is 2.28. The summed E-state index contributed by atoms with van der Waals surface area (Å²) in [5.74, 6) is 2.85. The van der Waals surface area contributed by atoms with Crippen molar-refractivity contribution in [3.63, 3.8) is 0 Å². The van der Waals surface area contributed by atoms with E-state index < -0.39 is 12.1 Å². The molecule has 0 aromatic heterocycles. The van der Waals surface area contributed by atoms with Gasteiger partial charge in [-0.15, -0.1) is 0 Å². The monoisotopic (exact) mass is 518 g/mol. The quantitative estimate of drug-likeness (QED) is 0.145. The highest BCUT2D eigenvalue weighted by atomic mass is 35.5. The molecule has 7 heteroatoms. The number of esters is 1. The summed E-state index contributed by atoms with van der Waals surface area (Å²) in [6, 6.07) is 30.9. The number of hydrogen-bond donors (Lipinski definition) is 0. The zero-order valence-corrected chi connectivity index (χ0v) is 21.1. The predicted octanol–water partition coefficient (Wildman–Crippen LogP) is 7.27. The van der Waals surface area contributed by atoms with Gasteiger partial charge in [0.05, 0.1) is 20.3 Å². The van der Waals surface area contributed by atoms with Crippen LogP contribution in [0.5, 0.6) is 28.7 Å². The van der Waals surface area contributed by atoms with Crippen LogP contribution in [0, 0.1) is 0 Å².